The Labute approximate surface area is 107 Å². The second-order valence-electron chi connectivity index (χ2n) is 5.04. The molecule has 0 bridgehead atoms. The summed E-state index contributed by atoms with van der Waals surface area (Å²) in [5, 5.41) is 0. The van der Waals surface area contributed by atoms with Crippen molar-refractivity contribution in [1.29, 1.82) is 0 Å². The van der Waals surface area contributed by atoms with Gasteiger partial charge in [0.25, 0.3) is 0 Å². The summed E-state index contributed by atoms with van der Waals surface area (Å²) in [6.07, 6.45) is 0. The molecule has 2 rings (SSSR count). The van der Waals surface area contributed by atoms with E-state index in [1.54, 1.807) is 7.11 Å². The van der Waals surface area contributed by atoms with Gasteiger partial charge < -0.3 is 9.47 Å². The topological polar surface area (TPSA) is 38.8 Å². The highest BCUT2D eigenvalue weighted by Gasteiger charge is 2.41. The van der Waals surface area contributed by atoms with Crippen molar-refractivity contribution in [2.75, 3.05) is 20.2 Å². The van der Waals surface area contributed by atoms with Crippen LogP contribution >= 0.6 is 0 Å². The average Bonchev–Trinajstić information content (AvgIpc) is 2.27. The molecule has 0 unspecified atom stereocenters. The lowest BCUT2D eigenvalue weighted by Crippen LogP contribution is -2.61. The Morgan fingerprint density at radius 3 is 2.44 bits per heavy atom. The predicted molar refractivity (Wildman–Crippen MR) is 68.4 cm³/mol. The van der Waals surface area contributed by atoms with E-state index in [1.807, 2.05) is 19.1 Å². The van der Waals surface area contributed by atoms with Gasteiger partial charge in [0.2, 0.25) is 0 Å². The van der Waals surface area contributed by atoms with Gasteiger partial charge in [-0.3, -0.25) is 9.69 Å². The fourth-order valence-electron chi connectivity index (χ4n) is 2.41. The van der Waals surface area contributed by atoms with Crippen LogP contribution in [0.4, 0.5) is 0 Å². The summed E-state index contributed by atoms with van der Waals surface area (Å²) in [6.45, 7) is 5.88. The molecule has 1 heterocycles. The van der Waals surface area contributed by atoms with E-state index in [0.29, 0.717) is 0 Å². The van der Waals surface area contributed by atoms with Gasteiger partial charge >= 0.3 is 5.97 Å². The molecular formula is C14H19NO3. The van der Waals surface area contributed by atoms with E-state index in [9.17, 15) is 4.79 Å². The van der Waals surface area contributed by atoms with Crippen molar-refractivity contribution in [1.82, 2.24) is 4.90 Å². The molecule has 0 amide bonds. The van der Waals surface area contributed by atoms with Gasteiger partial charge in [0.1, 0.15) is 11.4 Å². The maximum absolute atomic E-state index is 10.9. The number of likely N-dealkylation sites (tertiary alicyclic amines) is 1. The van der Waals surface area contributed by atoms with Gasteiger partial charge in [-0.05, 0) is 24.6 Å². The highest BCUT2D eigenvalue weighted by Crippen LogP contribution is 2.26. The van der Waals surface area contributed by atoms with E-state index in [4.69, 9.17) is 9.47 Å². The van der Waals surface area contributed by atoms with Crippen LogP contribution in [0, 0.1) is 0 Å². The van der Waals surface area contributed by atoms with E-state index < -0.39 is 0 Å². The van der Waals surface area contributed by atoms with Crippen molar-refractivity contribution in [2.24, 2.45) is 0 Å². The fourth-order valence-corrected chi connectivity index (χ4v) is 2.41. The van der Waals surface area contributed by atoms with E-state index in [1.165, 1.54) is 12.5 Å². The summed E-state index contributed by atoms with van der Waals surface area (Å²) >= 11 is 0. The number of esters is 1. The first kappa shape index (κ1) is 12.9. The summed E-state index contributed by atoms with van der Waals surface area (Å²) < 4.78 is 10.4. The first-order valence-electron chi connectivity index (χ1n) is 6.06. The third-order valence-corrected chi connectivity index (χ3v) is 3.07. The van der Waals surface area contributed by atoms with Crippen LogP contribution in [0.15, 0.2) is 24.3 Å². The smallest absolute Gasteiger partial charge is 0.303 e. The first-order valence-corrected chi connectivity index (χ1v) is 6.06. The molecule has 0 radical (unpaired) electrons. The van der Waals surface area contributed by atoms with Crippen molar-refractivity contribution in [3.8, 4) is 5.75 Å². The molecule has 1 aromatic rings. The Balaban J connectivity index is 1.84. The van der Waals surface area contributed by atoms with Crippen LogP contribution in [0.2, 0.25) is 0 Å². The van der Waals surface area contributed by atoms with Crippen LogP contribution in [-0.4, -0.2) is 36.7 Å². The molecule has 0 atom stereocenters. The Hall–Kier alpha value is -1.55. The van der Waals surface area contributed by atoms with Crippen molar-refractivity contribution < 1.29 is 14.3 Å². The van der Waals surface area contributed by atoms with E-state index in [-0.39, 0.29) is 11.6 Å². The Morgan fingerprint density at radius 2 is 1.94 bits per heavy atom. The molecule has 1 aromatic carbocycles. The maximum atomic E-state index is 10.9. The van der Waals surface area contributed by atoms with Gasteiger partial charge in [0.15, 0.2) is 0 Å². The lowest BCUT2D eigenvalue weighted by atomic mass is 9.95. The second kappa shape index (κ2) is 4.98. The molecular weight excluding hydrogens is 230 g/mol. The number of carbonyl (C=O) groups is 1. The number of hydrogen-bond acceptors (Lipinski definition) is 4. The number of nitrogens with zero attached hydrogens (tertiary/aromatic N) is 1. The average molecular weight is 249 g/mol. The van der Waals surface area contributed by atoms with Crippen molar-refractivity contribution in [3.05, 3.63) is 29.8 Å². The van der Waals surface area contributed by atoms with Crippen LogP contribution in [0.25, 0.3) is 0 Å². The van der Waals surface area contributed by atoms with Crippen LogP contribution < -0.4 is 4.74 Å². The number of hydrogen-bond donors (Lipinski definition) is 0. The molecule has 1 fully saturated rings. The van der Waals surface area contributed by atoms with Gasteiger partial charge in [-0.25, -0.2) is 0 Å². The molecule has 18 heavy (non-hydrogen) atoms. The SMILES string of the molecule is COc1ccc(CN2CC(C)(OC(C)=O)C2)cc1. The van der Waals surface area contributed by atoms with Crippen molar-refractivity contribution >= 4 is 5.97 Å². The van der Waals surface area contributed by atoms with Gasteiger partial charge in [-0.15, -0.1) is 0 Å². The third kappa shape index (κ3) is 3.01. The monoisotopic (exact) mass is 249 g/mol. The lowest BCUT2D eigenvalue weighted by Gasteiger charge is -2.46. The zero-order valence-electron chi connectivity index (χ0n) is 11.1. The molecule has 4 nitrogen and oxygen atoms in total. The van der Waals surface area contributed by atoms with Crippen LogP contribution in [0.5, 0.6) is 5.75 Å². The molecule has 1 aliphatic heterocycles. The number of carbonyl (C=O) groups excluding carboxylic acids is 1. The molecule has 1 aliphatic rings. The number of methoxy groups -OCH3 is 1. The minimum Gasteiger partial charge on any atom is -0.497 e. The fraction of sp³-hybridized carbons (Fsp3) is 0.500. The molecule has 0 saturated carbocycles. The summed E-state index contributed by atoms with van der Waals surface area (Å²) in [7, 11) is 1.66. The van der Waals surface area contributed by atoms with Gasteiger partial charge in [0, 0.05) is 26.6 Å². The summed E-state index contributed by atoms with van der Waals surface area (Å²) in [6, 6.07) is 8.03. The van der Waals surface area contributed by atoms with Crippen LogP contribution in [-0.2, 0) is 16.1 Å². The molecule has 0 aromatic heterocycles. The zero-order chi connectivity index (χ0) is 13.2. The number of rotatable bonds is 4. The minimum absolute atomic E-state index is 0.207. The Kier molecular flexibility index (Phi) is 3.57. The predicted octanol–water partition coefficient (Wildman–Crippen LogP) is 1.83. The van der Waals surface area contributed by atoms with Crippen LogP contribution in [0.1, 0.15) is 19.4 Å². The maximum Gasteiger partial charge on any atom is 0.303 e. The standard InChI is InChI=1S/C14H19NO3/c1-11(16)18-14(2)9-15(10-14)8-12-4-6-13(17-3)7-5-12/h4-7H,8-10H2,1-3H3. The molecule has 98 valence electrons. The van der Waals surface area contributed by atoms with Crippen molar-refractivity contribution in [2.45, 2.75) is 26.0 Å². The summed E-state index contributed by atoms with van der Waals surface area (Å²) in [4.78, 5) is 13.2. The van der Waals surface area contributed by atoms with Crippen molar-refractivity contribution in [3.63, 3.8) is 0 Å². The Morgan fingerprint density at radius 1 is 1.33 bits per heavy atom. The van der Waals surface area contributed by atoms with Gasteiger partial charge in [-0.1, -0.05) is 12.1 Å². The second-order valence-corrected chi connectivity index (χ2v) is 5.04. The third-order valence-electron chi connectivity index (χ3n) is 3.07. The zero-order valence-corrected chi connectivity index (χ0v) is 11.1. The number of ether oxygens (including phenoxy) is 2. The summed E-state index contributed by atoms with van der Waals surface area (Å²) in [5.74, 6) is 0.661. The van der Waals surface area contributed by atoms with E-state index >= 15 is 0 Å². The molecule has 4 heteroatoms. The summed E-state index contributed by atoms with van der Waals surface area (Å²) in [5.41, 5.74) is 0.929. The van der Waals surface area contributed by atoms with Gasteiger partial charge in [0.05, 0.1) is 7.11 Å². The minimum atomic E-state index is -0.307. The highest BCUT2D eigenvalue weighted by atomic mass is 16.6. The highest BCUT2D eigenvalue weighted by molar-refractivity contribution is 5.66. The molecule has 0 spiro atoms. The van der Waals surface area contributed by atoms with E-state index in [0.717, 1.165) is 25.4 Å². The first-order chi connectivity index (χ1) is 8.50. The quantitative estimate of drug-likeness (QED) is 0.763. The largest absolute Gasteiger partial charge is 0.497 e. The normalized spacial score (nSPS) is 17.9. The Bertz CT molecular complexity index is 421. The molecule has 0 aliphatic carbocycles. The van der Waals surface area contributed by atoms with Gasteiger partial charge in [-0.2, -0.15) is 0 Å². The number of benzene rings is 1. The lowest BCUT2D eigenvalue weighted by molar-refractivity contribution is -0.174. The molecule has 0 N–H and O–H groups in total. The van der Waals surface area contributed by atoms with E-state index in [2.05, 4.69) is 17.0 Å². The van der Waals surface area contributed by atoms with Crippen LogP contribution in [0.3, 0.4) is 0 Å². The molecule has 1 saturated heterocycles.